The van der Waals surface area contributed by atoms with Gasteiger partial charge in [-0.1, -0.05) is 23.7 Å². The average Bonchev–Trinajstić information content (AvgIpc) is 2.72. The van der Waals surface area contributed by atoms with Crippen molar-refractivity contribution < 1.29 is 22.3 Å². The third-order valence-electron chi connectivity index (χ3n) is 4.31. The van der Waals surface area contributed by atoms with Crippen LogP contribution in [-0.2, 0) is 23.2 Å². The van der Waals surface area contributed by atoms with E-state index in [4.69, 9.17) is 26.2 Å². The summed E-state index contributed by atoms with van der Waals surface area (Å²) in [5.74, 6) is 0.659. The molecule has 0 bridgehead atoms. The normalized spacial score (nSPS) is 11.2. The molecular formula is C21H20ClFN2O4S. The maximum absolute atomic E-state index is 13.0. The number of nitrogens with two attached hydrogens (primary N) is 1. The molecule has 6 nitrogen and oxygen atoms in total. The molecule has 0 aromatic heterocycles. The Balaban J connectivity index is 1.69. The molecule has 30 heavy (non-hydrogen) atoms. The Morgan fingerprint density at radius 1 is 1.03 bits per heavy atom. The SMILES string of the molecule is COc1cc(CNc2ccc(S(N)(=O)=O)cc2)c(Cl)cc1OCc1ccc(F)cc1. The van der Waals surface area contributed by atoms with E-state index in [1.165, 1.54) is 31.4 Å². The molecule has 0 aliphatic rings. The predicted octanol–water partition coefficient (Wildman–Crippen LogP) is 4.33. The molecule has 9 heteroatoms. The third-order valence-corrected chi connectivity index (χ3v) is 5.59. The maximum atomic E-state index is 13.0. The van der Waals surface area contributed by atoms with Gasteiger partial charge < -0.3 is 14.8 Å². The van der Waals surface area contributed by atoms with E-state index in [0.29, 0.717) is 28.8 Å². The van der Waals surface area contributed by atoms with Crippen molar-refractivity contribution in [2.45, 2.75) is 18.0 Å². The third kappa shape index (κ3) is 5.63. The van der Waals surface area contributed by atoms with Gasteiger partial charge in [0, 0.05) is 23.3 Å². The first-order valence-corrected chi connectivity index (χ1v) is 10.8. The molecule has 3 aromatic rings. The van der Waals surface area contributed by atoms with Crippen molar-refractivity contribution in [1.82, 2.24) is 0 Å². The van der Waals surface area contributed by atoms with Gasteiger partial charge in [-0.15, -0.1) is 0 Å². The Morgan fingerprint density at radius 2 is 1.70 bits per heavy atom. The standard InChI is InChI=1S/C21H20ClFN2O4S/c1-28-20-10-15(12-25-17-6-8-18(9-7-17)30(24,26)27)19(22)11-21(20)29-13-14-2-4-16(23)5-3-14/h2-11,25H,12-13H2,1H3,(H2,24,26,27). The summed E-state index contributed by atoms with van der Waals surface area (Å²) in [6.07, 6.45) is 0. The fourth-order valence-corrected chi connectivity index (χ4v) is 3.42. The largest absolute Gasteiger partial charge is 0.493 e. The average molecular weight is 451 g/mol. The topological polar surface area (TPSA) is 90.6 Å². The Labute approximate surface area is 179 Å². The van der Waals surface area contributed by atoms with Crippen LogP contribution in [0.4, 0.5) is 10.1 Å². The second-order valence-corrected chi connectivity index (χ2v) is 8.40. The molecule has 0 aliphatic heterocycles. The number of ether oxygens (including phenoxy) is 2. The van der Waals surface area contributed by atoms with E-state index < -0.39 is 10.0 Å². The summed E-state index contributed by atoms with van der Waals surface area (Å²) >= 11 is 6.39. The summed E-state index contributed by atoms with van der Waals surface area (Å²) in [5, 5.41) is 8.73. The molecule has 0 aliphatic carbocycles. The van der Waals surface area contributed by atoms with Crippen molar-refractivity contribution in [2.75, 3.05) is 12.4 Å². The summed E-state index contributed by atoms with van der Waals surface area (Å²) in [7, 11) is -2.21. The van der Waals surface area contributed by atoms with Crippen LogP contribution in [0.15, 0.2) is 65.6 Å². The van der Waals surface area contributed by atoms with Crippen molar-refractivity contribution in [3.8, 4) is 11.5 Å². The zero-order chi connectivity index (χ0) is 21.7. The van der Waals surface area contributed by atoms with Gasteiger partial charge in [-0.3, -0.25) is 0 Å². The number of primary sulfonamides is 1. The highest BCUT2D eigenvalue weighted by molar-refractivity contribution is 7.89. The fraction of sp³-hybridized carbons (Fsp3) is 0.143. The number of halogens is 2. The van der Waals surface area contributed by atoms with E-state index >= 15 is 0 Å². The number of sulfonamides is 1. The number of hydrogen-bond donors (Lipinski definition) is 2. The minimum absolute atomic E-state index is 0.0374. The molecule has 0 saturated carbocycles. The van der Waals surface area contributed by atoms with Gasteiger partial charge >= 0.3 is 0 Å². The Hall–Kier alpha value is -2.81. The van der Waals surface area contributed by atoms with Crippen LogP contribution < -0.4 is 19.9 Å². The van der Waals surface area contributed by atoms with Crippen molar-refractivity contribution in [2.24, 2.45) is 5.14 Å². The second kappa shape index (κ2) is 9.34. The van der Waals surface area contributed by atoms with Crippen molar-refractivity contribution >= 4 is 27.3 Å². The first-order chi connectivity index (χ1) is 14.3. The van der Waals surface area contributed by atoms with Crippen LogP contribution in [0.3, 0.4) is 0 Å². The molecule has 3 aromatic carbocycles. The molecule has 0 heterocycles. The molecule has 0 spiro atoms. The number of rotatable bonds is 8. The van der Waals surface area contributed by atoms with Crippen LogP contribution in [0.2, 0.25) is 5.02 Å². The molecule has 0 amide bonds. The van der Waals surface area contributed by atoms with E-state index in [9.17, 15) is 12.8 Å². The van der Waals surface area contributed by atoms with Crippen LogP contribution in [-0.4, -0.2) is 15.5 Å². The van der Waals surface area contributed by atoms with Crippen LogP contribution in [0, 0.1) is 5.82 Å². The van der Waals surface area contributed by atoms with Gasteiger partial charge in [0.1, 0.15) is 12.4 Å². The number of anilines is 1. The predicted molar refractivity (Wildman–Crippen MR) is 114 cm³/mol. The number of nitrogens with one attached hydrogen (secondary N) is 1. The summed E-state index contributed by atoms with van der Waals surface area (Å²) in [6, 6.07) is 15.5. The van der Waals surface area contributed by atoms with E-state index in [1.54, 1.807) is 36.4 Å². The lowest BCUT2D eigenvalue weighted by molar-refractivity contribution is 0.284. The highest BCUT2D eigenvalue weighted by Crippen LogP contribution is 2.34. The van der Waals surface area contributed by atoms with Crippen LogP contribution in [0.1, 0.15) is 11.1 Å². The Bertz CT molecular complexity index is 1120. The van der Waals surface area contributed by atoms with Gasteiger partial charge in [0.15, 0.2) is 11.5 Å². The minimum Gasteiger partial charge on any atom is -0.493 e. The van der Waals surface area contributed by atoms with Crippen molar-refractivity contribution in [3.63, 3.8) is 0 Å². The zero-order valence-electron chi connectivity index (χ0n) is 16.1. The lowest BCUT2D eigenvalue weighted by Gasteiger charge is -2.15. The number of hydrogen-bond acceptors (Lipinski definition) is 5. The van der Waals surface area contributed by atoms with Gasteiger partial charge in [0.05, 0.1) is 12.0 Å². The van der Waals surface area contributed by atoms with E-state index in [1.807, 2.05) is 0 Å². The first kappa shape index (κ1) is 21.9. The zero-order valence-corrected chi connectivity index (χ0v) is 17.6. The fourth-order valence-electron chi connectivity index (χ4n) is 2.69. The minimum atomic E-state index is -3.73. The van der Waals surface area contributed by atoms with E-state index in [2.05, 4.69) is 5.32 Å². The van der Waals surface area contributed by atoms with Gasteiger partial charge in [-0.2, -0.15) is 0 Å². The highest BCUT2D eigenvalue weighted by atomic mass is 35.5. The number of methoxy groups -OCH3 is 1. The molecule has 0 radical (unpaired) electrons. The summed E-state index contributed by atoms with van der Waals surface area (Å²) < 4.78 is 46.8. The smallest absolute Gasteiger partial charge is 0.238 e. The monoisotopic (exact) mass is 450 g/mol. The lowest BCUT2D eigenvalue weighted by atomic mass is 10.2. The van der Waals surface area contributed by atoms with Gasteiger partial charge in [0.2, 0.25) is 10.0 Å². The Kier molecular flexibility index (Phi) is 6.81. The molecule has 158 valence electrons. The van der Waals surface area contributed by atoms with Crippen LogP contribution in [0.25, 0.3) is 0 Å². The lowest BCUT2D eigenvalue weighted by Crippen LogP contribution is -2.12. The number of benzene rings is 3. The molecule has 0 unspecified atom stereocenters. The summed E-state index contributed by atoms with van der Waals surface area (Å²) in [5.41, 5.74) is 2.27. The summed E-state index contributed by atoms with van der Waals surface area (Å²) in [4.78, 5) is 0.0374. The van der Waals surface area contributed by atoms with Crippen LogP contribution in [0.5, 0.6) is 11.5 Å². The molecular weight excluding hydrogens is 431 g/mol. The van der Waals surface area contributed by atoms with Crippen molar-refractivity contribution in [1.29, 1.82) is 0 Å². The molecule has 3 rings (SSSR count). The van der Waals surface area contributed by atoms with Gasteiger partial charge in [-0.25, -0.2) is 17.9 Å². The second-order valence-electron chi connectivity index (χ2n) is 6.43. The van der Waals surface area contributed by atoms with Gasteiger partial charge in [-0.05, 0) is 53.6 Å². The van der Waals surface area contributed by atoms with Crippen LogP contribution >= 0.6 is 11.6 Å². The molecule has 0 fully saturated rings. The highest BCUT2D eigenvalue weighted by Gasteiger charge is 2.12. The van der Waals surface area contributed by atoms with E-state index in [-0.39, 0.29) is 17.3 Å². The first-order valence-electron chi connectivity index (χ1n) is 8.86. The Morgan fingerprint density at radius 3 is 2.30 bits per heavy atom. The molecule has 0 atom stereocenters. The quantitative estimate of drug-likeness (QED) is 0.533. The van der Waals surface area contributed by atoms with E-state index in [0.717, 1.165) is 11.1 Å². The maximum Gasteiger partial charge on any atom is 0.238 e. The summed E-state index contributed by atoms with van der Waals surface area (Å²) in [6.45, 7) is 0.614. The molecule has 0 saturated heterocycles. The van der Waals surface area contributed by atoms with Crippen molar-refractivity contribution in [3.05, 3.63) is 82.6 Å². The van der Waals surface area contributed by atoms with Gasteiger partial charge in [0.25, 0.3) is 0 Å². The molecule has 3 N–H and O–H groups in total.